The Morgan fingerprint density at radius 2 is 1.71 bits per heavy atom. The van der Waals surface area contributed by atoms with Crippen molar-refractivity contribution >= 4 is 5.69 Å². The maximum Gasteiger partial charge on any atom is 0.124 e. The molecular formula is C18H24N2O. The highest BCUT2D eigenvalue weighted by Crippen LogP contribution is 2.30. The second-order valence-electron chi connectivity index (χ2n) is 5.67. The smallest absolute Gasteiger partial charge is 0.124 e. The van der Waals surface area contributed by atoms with Gasteiger partial charge in [0.15, 0.2) is 0 Å². The third-order valence-corrected chi connectivity index (χ3v) is 3.36. The maximum absolute atomic E-state index is 6.46. The Morgan fingerprint density at radius 3 is 2.38 bits per heavy atom. The van der Waals surface area contributed by atoms with Crippen LogP contribution in [0.5, 0.6) is 5.75 Å². The van der Waals surface area contributed by atoms with E-state index in [2.05, 4.69) is 23.1 Å². The van der Waals surface area contributed by atoms with Crippen molar-refractivity contribution in [2.75, 3.05) is 19.0 Å². The summed E-state index contributed by atoms with van der Waals surface area (Å²) in [6.45, 7) is 4.05. The molecule has 0 amide bonds. The third kappa shape index (κ3) is 3.76. The van der Waals surface area contributed by atoms with Crippen molar-refractivity contribution in [1.29, 1.82) is 0 Å². The van der Waals surface area contributed by atoms with Gasteiger partial charge in [-0.05, 0) is 37.6 Å². The summed E-state index contributed by atoms with van der Waals surface area (Å²) in [7, 11) is 4.06. The number of para-hydroxylation sites is 1. The molecule has 0 bridgehead atoms. The first kappa shape index (κ1) is 15.4. The van der Waals surface area contributed by atoms with Gasteiger partial charge in [0, 0.05) is 25.3 Å². The van der Waals surface area contributed by atoms with Gasteiger partial charge in [-0.1, -0.05) is 30.3 Å². The minimum absolute atomic E-state index is 0.131. The highest BCUT2D eigenvalue weighted by molar-refractivity contribution is 5.50. The fourth-order valence-corrected chi connectivity index (χ4v) is 2.27. The molecule has 0 aliphatic carbocycles. The summed E-state index contributed by atoms with van der Waals surface area (Å²) in [5.74, 6) is 0.857. The molecular weight excluding hydrogens is 260 g/mol. The number of nitrogens with two attached hydrogens (primary N) is 1. The first-order valence-corrected chi connectivity index (χ1v) is 7.27. The Kier molecular flexibility index (Phi) is 4.86. The maximum atomic E-state index is 6.46. The van der Waals surface area contributed by atoms with E-state index in [0.29, 0.717) is 0 Å². The second-order valence-corrected chi connectivity index (χ2v) is 5.67. The van der Waals surface area contributed by atoms with Crippen molar-refractivity contribution in [3.8, 4) is 5.75 Å². The zero-order valence-electron chi connectivity index (χ0n) is 13.2. The van der Waals surface area contributed by atoms with Crippen LogP contribution in [0.4, 0.5) is 5.69 Å². The summed E-state index contributed by atoms with van der Waals surface area (Å²) in [5.41, 5.74) is 9.71. The van der Waals surface area contributed by atoms with Crippen LogP contribution in [0.25, 0.3) is 0 Å². The van der Waals surface area contributed by atoms with E-state index < -0.39 is 0 Å². The highest BCUT2D eigenvalue weighted by atomic mass is 16.5. The monoisotopic (exact) mass is 284 g/mol. The average molecular weight is 284 g/mol. The van der Waals surface area contributed by atoms with Crippen LogP contribution in [0, 0.1) is 0 Å². The summed E-state index contributed by atoms with van der Waals surface area (Å²) >= 11 is 0. The van der Waals surface area contributed by atoms with E-state index in [4.69, 9.17) is 10.5 Å². The summed E-state index contributed by atoms with van der Waals surface area (Å²) in [6.07, 6.45) is 0.131. The van der Waals surface area contributed by atoms with Gasteiger partial charge in [-0.3, -0.25) is 0 Å². The summed E-state index contributed by atoms with van der Waals surface area (Å²) in [5, 5.41) is 0. The van der Waals surface area contributed by atoms with Crippen LogP contribution in [-0.4, -0.2) is 20.2 Å². The Morgan fingerprint density at radius 1 is 1.00 bits per heavy atom. The molecule has 21 heavy (non-hydrogen) atoms. The zero-order valence-corrected chi connectivity index (χ0v) is 13.2. The Balaban J connectivity index is 2.35. The van der Waals surface area contributed by atoms with Crippen molar-refractivity contribution in [2.45, 2.75) is 26.0 Å². The Hall–Kier alpha value is -2.00. The van der Waals surface area contributed by atoms with Crippen LogP contribution in [0.15, 0.2) is 48.5 Å². The van der Waals surface area contributed by atoms with Gasteiger partial charge in [-0.15, -0.1) is 0 Å². The minimum atomic E-state index is -0.195. The first-order valence-electron chi connectivity index (χ1n) is 7.27. The van der Waals surface area contributed by atoms with Crippen LogP contribution in [0.3, 0.4) is 0 Å². The second kappa shape index (κ2) is 6.64. The van der Waals surface area contributed by atoms with Crippen molar-refractivity contribution in [1.82, 2.24) is 0 Å². The highest BCUT2D eigenvalue weighted by Gasteiger charge is 2.15. The van der Waals surface area contributed by atoms with Gasteiger partial charge < -0.3 is 15.4 Å². The van der Waals surface area contributed by atoms with E-state index in [9.17, 15) is 0 Å². The number of hydrogen-bond donors (Lipinski definition) is 1. The molecule has 0 radical (unpaired) electrons. The lowest BCUT2D eigenvalue weighted by molar-refractivity contribution is 0.239. The van der Waals surface area contributed by atoms with Gasteiger partial charge >= 0.3 is 0 Å². The molecule has 1 atom stereocenters. The van der Waals surface area contributed by atoms with E-state index >= 15 is 0 Å². The van der Waals surface area contributed by atoms with Gasteiger partial charge in [0.1, 0.15) is 5.75 Å². The van der Waals surface area contributed by atoms with Crippen molar-refractivity contribution < 1.29 is 4.74 Å². The zero-order chi connectivity index (χ0) is 15.4. The quantitative estimate of drug-likeness (QED) is 0.912. The average Bonchev–Trinajstić information content (AvgIpc) is 2.46. The summed E-state index contributed by atoms with van der Waals surface area (Å²) in [6, 6.07) is 16.1. The summed E-state index contributed by atoms with van der Waals surface area (Å²) < 4.78 is 5.88. The van der Waals surface area contributed by atoms with Crippen molar-refractivity contribution in [3.05, 3.63) is 59.7 Å². The van der Waals surface area contributed by atoms with E-state index in [0.717, 1.165) is 22.6 Å². The molecule has 0 fully saturated rings. The molecule has 2 N–H and O–H groups in total. The molecule has 3 nitrogen and oxygen atoms in total. The lowest BCUT2D eigenvalue weighted by Crippen LogP contribution is -2.16. The Bertz CT molecular complexity index is 593. The van der Waals surface area contributed by atoms with Crippen molar-refractivity contribution in [2.24, 2.45) is 5.73 Å². The predicted molar refractivity (Wildman–Crippen MR) is 89.0 cm³/mol. The van der Waals surface area contributed by atoms with Gasteiger partial charge in [0.2, 0.25) is 0 Å². The van der Waals surface area contributed by atoms with Crippen molar-refractivity contribution in [3.63, 3.8) is 0 Å². The lowest BCUT2D eigenvalue weighted by atomic mass is 9.98. The van der Waals surface area contributed by atoms with Crippen LogP contribution in [0.2, 0.25) is 0 Å². The fraction of sp³-hybridized carbons (Fsp3) is 0.333. The van der Waals surface area contributed by atoms with E-state index in [1.165, 1.54) is 0 Å². The number of rotatable bonds is 5. The fourth-order valence-electron chi connectivity index (χ4n) is 2.27. The van der Waals surface area contributed by atoms with Gasteiger partial charge in [-0.2, -0.15) is 0 Å². The molecule has 112 valence electrons. The Labute approximate surface area is 127 Å². The number of nitrogens with zero attached hydrogens (tertiary/aromatic N) is 1. The molecule has 0 aliphatic rings. The van der Waals surface area contributed by atoms with Crippen LogP contribution >= 0.6 is 0 Å². The standard InChI is InChI=1S/C18H24N2O/c1-13(2)21-17-11-6-5-10-16(17)18(19)14-8-7-9-15(12-14)20(3)4/h5-13,18H,19H2,1-4H3. The molecule has 2 aromatic carbocycles. The van der Waals surface area contributed by atoms with Gasteiger partial charge in [0.25, 0.3) is 0 Å². The molecule has 3 heteroatoms. The van der Waals surface area contributed by atoms with Crippen LogP contribution < -0.4 is 15.4 Å². The topological polar surface area (TPSA) is 38.5 Å². The summed E-state index contributed by atoms with van der Waals surface area (Å²) in [4.78, 5) is 2.08. The molecule has 0 spiro atoms. The molecule has 0 aromatic heterocycles. The van der Waals surface area contributed by atoms with Gasteiger partial charge in [0.05, 0.1) is 12.1 Å². The first-order chi connectivity index (χ1) is 9.99. The largest absolute Gasteiger partial charge is 0.491 e. The number of benzene rings is 2. The SMILES string of the molecule is CC(C)Oc1ccccc1C(N)c1cccc(N(C)C)c1. The van der Waals surface area contributed by atoms with E-state index in [1.54, 1.807) is 0 Å². The normalized spacial score (nSPS) is 12.3. The lowest BCUT2D eigenvalue weighted by Gasteiger charge is -2.20. The number of anilines is 1. The molecule has 1 unspecified atom stereocenters. The molecule has 0 saturated heterocycles. The minimum Gasteiger partial charge on any atom is -0.491 e. The third-order valence-electron chi connectivity index (χ3n) is 3.36. The van der Waals surface area contributed by atoms with Gasteiger partial charge in [-0.25, -0.2) is 0 Å². The molecule has 0 heterocycles. The van der Waals surface area contributed by atoms with Crippen LogP contribution in [0.1, 0.15) is 31.0 Å². The number of hydrogen-bond acceptors (Lipinski definition) is 3. The van der Waals surface area contributed by atoms with E-state index in [-0.39, 0.29) is 12.1 Å². The molecule has 2 aromatic rings. The molecule has 0 saturated carbocycles. The molecule has 0 aliphatic heterocycles. The number of ether oxygens (including phenoxy) is 1. The van der Waals surface area contributed by atoms with E-state index in [1.807, 2.05) is 58.3 Å². The molecule has 2 rings (SSSR count). The van der Waals surface area contributed by atoms with Crippen LogP contribution in [-0.2, 0) is 0 Å². The predicted octanol–water partition coefficient (Wildman–Crippen LogP) is 3.59.